The lowest BCUT2D eigenvalue weighted by molar-refractivity contribution is -0.144. The normalized spacial score (nSPS) is 17.1. The first-order valence-electron chi connectivity index (χ1n) is 9.79. The molecule has 152 valence electrons. The van der Waals surface area contributed by atoms with E-state index < -0.39 is 12.0 Å². The van der Waals surface area contributed by atoms with Gasteiger partial charge in [-0.15, -0.1) is 0 Å². The van der Waals surface area contributed by atoms with Crippen LogP contribution in [-0.2, 0) is 9.53 Å². The Morgan fingerprint density at radius 1 is 1.18 bits per heavy atom. The van der Waals surface area contributed by atoms with Crippen LogP contribution in [0.1, 0.15) is 24.4 Å². The van der Waals surface area contributed by atoms with Gasteiger partial charge in [0.25, 0.3) is 0 Å². The molecule has 0 aromatic heterocycles. The van der Waals surface area contributed by atoms with E-state index in [2.05, 4.69) is 9.80 Å². The molecule has 3 rings (SSSR count). The molecular formula is C22H30N2O4. The molecule has 6 nitrogen and oxygen atoms in total. The first kappa shape index (κ1) is 20.6. The third-order valence-electron chi connectivity index (χ3n) is 5.35. The van der Waals surface area contributed by atoms with Crippen molar-refractivity contribution < 1.29 is 19.4 Å². The molecule has 0 amide bonds. The molecule has 0 bridgehead atoms. The summed E-state index contributed by atoms with van der Waals surface area (Å²) in [6, 6.07) is 11.1. The molecule has 0 saturated carbocycles. The Labute approximate surface area is 166 Å². The second-order valence-electron chi connectivity index (χ2n) is 7.62. The van der Waals surface area contributed by atoms with Gasteiger partial charge in [0, 0.05) is 19.6 Å². The van der Waals surface area contributed by atoms with Crippen molar-refractivity contribution in [2.24, 2.45) is 0 Å². The Hall–Kier alpha value is -2.15. The van der Waals surface area contributed by atoms with Crippen LogP contribution in [0, 0.1) is 0 Å². The van der Waals surface area contributed by atoms with Gasteiger partial charge in [-0.05, 0) is 61.5 Å². The number of aliphatic carboxylic acids is 1. The van der Waals surface area contributed by atoms with Crippen LogP contribution in [-0.4, -0.2) is 74.4 Å². The van der Waals surface area contributed by atoms with Crippen molar-refractivity contribution in [3.05, 3.63) is 42.0 Å². The highest BCUT2D eigenvalue weighted by Gasteiger charge is 2.31. The molecule has 6 heteroatoms. The van der Waals surface area contributed by atoms with E-state index in [0.29, 0.717) is 6.61 Å². The number of carbonyl (C=O) groups is 1. The minimum atomic E-state index is -0.806. The largest absolute Gasteiger partial charge is 0.497 e. The predicted molar refractivity (Wildman–Crippen MR) is 110 cm³/mol. The fraction of sp³-hybridized carbons (Fsp3) is 0.500. The van der Waals surface area contributed by atoms with Gasteiger partial charge < -0.3 is 19.5 Å². The molecule has 1 fully saturated rings. The smallest absolute Gasteiger partial charge is 0.325 e. The molecule has 2 aromatic carbocycles. The van der Waals surface area contributed by atoms with Gasteiger partial charge in [0.1, 0.15) is 11.8 Å². The summed E-state index contributed by atoms with van der Waals surface area (Å²) in [6.07, 6.45) is 1.94. The van der Waals surface area contributed by atoms with Gasteiger partial charge in [-0.1, -0.05) is 18.2 Å². The second kappa shape index (κ2) is 9.37. The van der Waals surface area contributed by atoms with Crippen molar-refractivity contribution in [1.82, 2.24) is 9.80 Å². The van der Waals surface area contributed by atoms with Crippen molar-refractivity contribution in [2.75, 3.05) is 47.4 Å². The van der Waals surface area contributed by atoms with Gasteiger partial charge >= 0.3 is 5.97 Å². The van der Waals surface area contributed by atoms with Crippen molar-refractivity contribution in [3.63, 3.8) is 0 Å². The first-order valence-corrected chi connectivity index (χ1v) is 9.79. The highest BCUT2D eigenvalue weighted by molar-refractivity contribution is 5.86. The van der Waals surface area contributed by atoms with E-state index in [1.165, 1.54) is 0 Å². The minimum Gasteiger partial charge on any atom is -0.497 e. The Morgan fingerprint density at radius 3 is 2.50 bits per heavy atom. The van der Waals surface area contributed by atoms with Crippen LogP contribution in [0.4, 0.5) is 0 Å². The molecule has 0 unspecified atom stereocenters. The molecule has 0 radical (unpaired) electrons. The second-order valence-corrected chi connectivity index (χ2v) is 7.62. The number of carboxylic acid groups (broad SMARTS) is 1. The molecule has 0 spiro atoms. The number of rotatable bonds is 8. The van der Waals surface area contributed by atoms with Gasteiger partial charge in [-0.25, -0.2) is 0 Å². The summed E-state index contributed by atoms with van der Waals surface area (Å²) in [5.74, 6) is -0.00814. The number of fused-ring (bicyclic) bond motifs is 1. The van der Waals surface area contributed by atoms with Crippen molar-refractivity contribution in [1.29, 1.82) is 0 Å². The van der Waals surface area contributed by atoms with Crippen LogP contribution < -0.4 is 4.74 Å². The number of methoxy groups -OCH3 is 1. The first-order chi connectivity index (χ1) is 13.5. The molecule has 1 N–H and O–H groups in total. The third-order valence-corrected chi connectivity index (χ3v) is 5.35. The Bertz CT molecular complexity index is 800. The molecule has 28 heavy (non-hydrogen) atoms. The lowest BCUT2D eigenvalue weighted by Gasteiger charge is -2.36. The molecule has 1 saturated heterocycles. The zero-order valence-corrected chi connectivity index (χ0v) is 16.9. The maximum absolute atomic E-state index is 12.1. The zero-order chi connectivity index (χ0) is 20.1. The number of hydrogen-bond acceptors (Lipinski definition) is 5. The van der Waals surface area contributed by atoms with E-state index in [1.807, 2.05) is 50.5 Å². The lowest BCUT2D eigenvalue weighted by atomic mass is 9.98. The quantitative estimate of drug-likeness (QED) is 0.753. The van der Waals surface area contributed by atoms with Crippen LogP contribution in [0.15, 0.2) is 36.4 Å². The summed E-state index contributed by atoms with van der Waals surface area (Å²) in [5, 5.41) is 12.0. The maximum Gasteiger partial charge on any atom is 0.325 e. The van der Waals surface area contributed by atoms with Crippen molar-refractivity contribution in [3.8, 4) is 5.75 Å². The standard InChI is InChI=1S/C22H30N2O4/c1-23(2)12-13-28-19-8-10-24(11-9-19)21(22(25)26)18-5-4-17-15-20(27-3)7-6-16(17)14-18/h4-7,14-15,19,21H,8-13H2,1-3H3,(H,25,26)/t21-/m0/s1. The zero-order valence-electron chi connectivity index (χ0n) is 16.9. The lowest BCUT2D eigenvalue weighted by Crippen LogP contribution is -2.42. The predicted octanol–water partition coefficient (Wildman–Crippen LogP) is 3.02. The summed E-state index contributed by atoms with van der Waals surface area (Å²) in [6.45, 7) is 3.07. The van der Waals surface area contributed by atoms with E-state index in [4.69, 9.17) is 9.47 Å². The monoisotopic (exact) mass is 386 g/mol. The van der Waals surface area contributed by atoms with Gasteiger partial charge in [0.2, 0.25) is 0 Å². The number of piperidine rings is 1. The SMILES string of the molecule is COc1ccc2cc([C@@H](C(=O)O)N3CCC(OCCN(C)C)CC3)ccc2c1. The average molecular weight is 386 g/mol. The van der Waals surface area contributed by atoms with E-state index in [9.17, 15) is 9.90 Å². The number of likely N-dealkylation sites (tertiary alicyclic amines) is 1. The molecule has 1 atom stereocenters. The minimum absolute atomic E-state index is 0.217. The summed E-state index contributed by atoms with van der Waals surface area (Å²) >= 11 is 0. The van der Waals surface area contributed by atoms with Crippen LogP contribution in [0.3, 0.4) is 0 Å². The summed E-state index contributed by atoms with van der Waals surface area (Å²) in [4.78, 5) is 16.2. The van der Waals surface area contributed by atoms with Crippen molar-refractivity contribution in [2.45, 2.75) is 25.0 Å². The van der Waals surface area contributed by atoms with Gasteiger partial charge in [-0.3, -0.25) is 9.69 Å². The van der Waals surface area contributed by atoms with E-state index >= 15 is 0 Å². The van der Waals surface area contributed by atoms with Crippen molar-refractivity contribution >= 4 is 16.7 Å². The maximum atomic E-state index is 12.1. The number of ether oxygens (including phenoxy) is 2. The average Bonchev–Trinajstić information content (AvgIpc) is 2.68. The highest BCUT2D eigenvalue weighted by Crippen LogP contribution is 2.29. The topological polar surface area (TPSA) is 62.2 Å². The third kappa shape index (κ3) is 5.01. The van der Waals surface area contributed by atoms with Crippen LogP contribution >= 0.6 is 0 Å². The van der Waals surface area contributed by atoms with E-state index in [0.717, 1.165) is 54.6 Å². The van der Waals surface area contributed by atoms with E-state index in [1.54, 1.807) is 7.11 Å². The number of likely N-dealkylation sites (N-methyl/N-ethyl adjacent to an activating group) is 1. The Balaban J connectivity index is 1.69. The summed E-state index contributed by atoms with van der Waals surface area (Å²) < 4.78 is 11.2. The number of carboxylic acids is 1. The molecule has 1 heterocycles. The highest BCUT2D eigenvalue weighted by atomic mass is 16.5. The van der Waals surface area contributed by atoms with Crippen LogP contribution in [0.5, 0.6) is 5.75 Å². The molecule has 1 aliphatic heterocycles. The van der Waals surface area contributed by atoms with Crippen LogP contribution in [0.25, 0.3) is 10.8 Å². The van der Waals surface area contributed by atoms with E-state index in [-0.39, 0.29) is 6.10 Å². The van der Waals surface area contributed by atoms with Crippen LogP contribution in [0.2, 0.25) is 0 Å². The summed E-state index contributed by atoms with van der Waals surface area (Å²) in [7, 11) is 5.70. The summed E-state index contributed by atoms with van der Waals surface area (Å²) in [5.41, 5.74) is 0.817. The molecular weight excluding hydrogens is 356 g/mol. The number of benzene rings is 2. The molecule has 0 aliphatic carbocycles. The van der Waals surface area contributed by atoms with Gasteiger partial charge in [-0.2, -0.15) is 0 Å². The number of hydrogen-bond donors (Lipinski definition) is 1. The van der Waals surface area contributed by atoms with Gasteiger partial charge in [0.15, 0.2) is 0 Å². The fourth-order valence-electron chi connectivity index (χ4n) is 3.75. The fourth-order valence-corrected chi connectivity index (χ4v) is 3.75. The van der Waals surface area contributed by atoms with Gasteiger partial charge in [0.05, 0.1) is 19.8 Å². The number of nitrogens with zero attached hydrogens (tertiary/aromatic N) is 2. The Kier molecular flexibility index (Phi) is 6.88. The Morgan fingerprint density at radius 2 is 1.86 bits per heavy atom. The molecule has 1 aliphatic rings. The molecule has 2 aromatic rings.